The van der Waals surface area contributed by atoms with Crippen molar-refractivity contribution in [3.63, 3.8) is 0 Å². The molecule has 0 radical (unpaired) electrons. The number of rotatable bonds is 2. The molecule has 0 aliphatic heterocycles. The Balaban J connectivity index is 2.32. The quantitative estimate of drug-likeness (QED) is 0.882. The first kappa shape index (κ1) is 12.3. The van der Waals surface area contributed by atoms with Crippen LogP contribution in [0, 0.1) is 0 Å². The van der Waals surface area contributed by atoms with Gasteiger partial charge in [0.25, 0.3) is 0 Å². The first-order valence-electron chi connectivity index (χ1n) is 5.63. The topological polar surface area (TPSA) is 68.0 Å². The van der Waals surface area contributed by atoms with E-state index in [0.29, 0.717) is 0 Å². The minimum absolute atomic E-state index is 0.0841. The van der Waals surface area contributed by atoms with E-state index in [-0.39, 0.29) is 11.1 Å². The fraction of sp³-hybridized carbons (Fsp3) is 0.308. The van der Waals surface area contributed by atoms with Crippen molar-refractivity contribution in [2.45, 2.75) is 26.3 Å². The summed E-state index contributed by atoms with van der Waals surface area (Å²) in [6.45, 7) is 6.18. The molecule has 2 aromatic heterocycles. The third-order valence-electron chi connectivity index (χ3n) is 2.58. The van der Waals surface area contributed by atoms with Gasteiger partial charge < -0.3 is 5.11 Å². The summed E-state index contributed by atoms with van der Waals surface area (Å²) in [5.74, 6) is -0.973. The molecular formula is C13H15N3O2. The lowest BCUT2D eigenvalue weighted by Crippen LogP contribution is -2.21. The van der Waals surface area contributed by atoms with Crippen LogP contribution >= 0.6 is 0 Å². The number of nitrogens with zero attached hydrogens (tertiary/aromatic N) is 3. The first-order valence-corrected chi connectivity index (χ1v) is 5.63. The van der Waals surface area contributed by atoms with Crippen LogP contribution in [0.2, 0.25) is 0 Å². The van der Waals surface area contributed by atoms with Crippen LogP contribution in [0.4, 0.5) is 0 Å². The maximum absolute atomic E-state index is 10.7. The van der Waals surface area contributed by atoms with Crippen molar-refractivity contribution in [2.75, 3.05) is 0 Å². The van der Waals surface area contributed by atoms with Crippen LogP contribution in [0.5, 0.6) is 0 Å². The molecule has 1 N–H and O–H groups in total. The maximum Gasteiger partial charge on any atom is 0.337 e. The summed E-state index contributed by atoms with van der Waals surface area (Å²) < 4.78 is 1.86. The average molecular weight is 245 g/mol. The number of hydrogen-bond acceptors (Lipinski definition) is 3. The Kier molecular flexibility index (Phi) is 2.90. The van der Waals surface area contributed by atoms with E-state index >= 15 is 0 Å². The normalized spacial score (nSPS) is 11.5. The van der Waals surface area contributed by atoms with Crippen LogP contribution in [-0.4, -0.2) is 25.8 Å². The lowest BCUT2D eigenvalue weighted by molar-refractivity contribution is 0.0696. The molecule has 2 heterocycles. The molecule has 0 atom stereocenters. The molecule has 0 saturated heterocycles. The van der Waals surface area contributed by atoms with Crippen LogP contribution in [0.15, 0.2) is 30.7 Å². The zero-order valence-electron chi connectivity index (χ0n) is 10.6. The monoisotopic (exact) mass is 245 g/mol. The summed E-state index contributed by atoms with van der Waals surface area (Å²) in [5, 5.41) is 13.1. The maximum atomic E-state index is 10.7. The van der Waals surface area contributed by atoms with Crippen molar-refractivity contribution < 1.29 is 9.90 Å². The molecule has 2 aromatic rings. The SMILES string of the molecule is CC(C)(C)n1cc(-c2ccc(C(=O)O)cn2)cn1. The van der Waals surface area contributed by atoms with Crippen molar-refractivity contribution in [3.8, 4) is 11.3 Å². The van der Waals surface area contributed by atoms with Gasteiger partial charge in [-0.05, 0) is 32.9 Å². The van der Waals surface area contributed by atoms with Crippen molar-refractivity contribution in [3.05, 3.63) is 36.3 Å². The Morgan fingerprint density at radius 2 is 2.00 bits per heavy atom. The highest BCUT2D eigenvalue weighted by Gasteiger charge is 2.15. The van der Waals surface area contributed by atoms with Gasteiger partial charge in [0.15, 0.2) is 0 Å². The van der Waals surface area contributed by atoms with Gasteiger partial charge in [-0.2, -0.15) is 5.10 Å². The Bertz CT molecular complexity index is 565. The number of carboxylic acid groups (broad SMARTS) is 1. The number of aromatic carboxylic acids is 1. The van der Waals surface area contributed by atoms with E-state index in [1.165, 1.54) is 6.20 Å². The highest BCUT2D eigenvalue weighted by atomic mass is 16.4. The zero-order chi connectivity index (χ0) is 13.3. The van der Waals surface area contributed by atoms with Crippen molar-refractivity contribution >= 4 is 5.97 Å². The smallest absolute Gasteiger partial charge is 0.337 e. The molecule has 18 heavy (non-hydrogen) atoms. The molecule has 0 fully saturated rings. The standard InChI is InChI=1S/C13H15N3O2/c1-13(2,3)16-8-10(7-15-16)11-5-4-9(6-14-11)12(17)18/h4-8H,1-3H3,(H,17,18). The third-order valence-corrected chi connectivity index (χ3v) is 2.58. The molecule has 2 rings (SSSR count). The zero-order valence-corrected chi connectivity index (χ0v) is 10.6. The Labute approximate surface area is 105 Å². The number of pyridine rings is 1. The largest absolute Gasteiger partial charge is 0.478 e. The number of carbonyl (C=O) groups is 1. The predicted octanol–water partition coefficient (Wildman–Crippen LogP) is 2.40. The highest BCUT2D eigenvalue weighted by molar-refractivity contribution is 5.87. The van der Waals surface area contributed by atoms with E-state index in [1.54, 1.807) is 18.3 Å². The molecule has 0 aliphatic carbocycles. The van der Waals surface area contributed by atoms with Gasteiger partial charge in [-0.3, -0.25) is 9.67 Å². The van der Waals surface area contributed by atoms with Gasteiger partial charge in [-0.25, -0.2) is 4.79 Å². The third kappa shape index (κ3) is 2.40. The second-order valence-electron chi connectivity index (χ2n) is 5.08. The van der Waals surface area contributed by atoms with E-state index in [0.717, 1.165) is 11.3 Å². The predicted molar refractivity (Wildman–Crippen MR) is 67.4 cm³/mol. The minimum Gasteiger partial charge on any atom is -0.478 e. The lowest BCUT2D eigenvalue weighted by Gasteiger charge is -2.18. The van der Waals surface area contributed by atoms with Gasteiger partial charge in [0.05, 0.1) is 23.0 Å². The minimum atomic E-state index is -0.973. The van der Waals surface area contributed by atoms with E-state index in [9.17, 15) is 4.79 Å². The van der Waals surface area contributed by atoms with Gasteiger partial charge in [-0.1, -0.05) is 0 Å². The van der Waals surface area contributed by atoms with Gasteiger partial charge in [0.1, 0.15) is 0 Å². The molecule has 0 unspecified atom stereocenters. The van der Waals surface area contributed by atoms with Gasteiger partial charge >= 0.3 is 5.97 Å². The molecule has 0 spiro atoms. The molecule has 0 aromatic carbocycles. The summed E-state index contributed by atoms with van der Waals surface area (Å²) in [4.78, 5) is 14.9. The fourth-order valence-corrected chi connectivity index (χ4v) is 1.51. The number of aromatic nitrogens is 3. The van der Waals surface area contributed by atoms with Crippen LogP contribution in [0.3, 0.4) is 0 Å². The van der Waals surface area contributed by atoms with Crippen LogP contribution in [-0.2, 0) is 5.54 Å². The average Bonchev–Trinajstić information content (AvgIpc) is 2.78. The molecule has 0 bridgehead atoms. The van der Waals surface area contributed by atoms with Gasteiger partial charge in [0, 0.05) is 18.0 Å². The lowest BCUT2D eigenvalue weighted by atomic mass is 10.1. The van der Waals surface area contributed by atoms with Crippen LogP contribution in [0.25, 0.3) is 11.3 Å². The van der Waals surface area contributed by atoms with E-state index < -0.39 is 5.97 Å². The molecule has 0 aliphatic rings. The summed E-state index contributed by atoms with van der Waals surface area (Å²) in [6.07, 6.45) is 4.99. The molecule has 5 heteroatoms. The van der Waals surface area contributed by atoms with Crippen molar-refractivity contribution in [2.24, 2.45) is 0 Å². The van der Waals surface area contributed by atoms with Gasteiger partial charge in [0.2, 0.25) is 0 Å². The first-order chi connectivity index (χ1) is 8.38. The summed E-state index contributed by atoms with van der Waals surface area (Å²) in [5.41, 5.74) is 1.69. The Morgan fingerprint density at radius 3 is 2.44 bits per heavy atom. The molecule has 5 nitrogen and oxygen atoms in total. The summed E-state index contributed by atoms with van der Waals surface area (Å²) >= 11 is 0. The second kappa shape index (κ2) is 4.25. The van der Waals surface area contributed by atoms with E-state index in [4.69, 9.17) is 5.11 Å². The van der Waals surface area contributed by atoms with Crippen LogP contribution in [0.1, 0.15) is 31.1 Å². The van der Waals surface area contributed by atoms with Crippen molar-refractivity contribution in [1.29, 1.82) is 0 Å². The van der Waals surface area contributed by atoms with Crippen LogP contribution < -0.4 is 0 Å². The number of carboxylic acids is 1. The van der Waals surface area contributed by atoms with E-state index in [1.807, 2.05) is 10.9 Å². The Morgan fingerprint density at radius 1 is 1.28 bits per heavy atom. The molecule has 0 amide bonds. The Hall–Kier alpha value is -2.17. The van der Waals surface area contributed by atoms with Crippen molar-refractivity contribution in [1.82, 2.24) is 14.8 Å². The summed E-state index contributed by atoms with van der Waals surface area (Å²) in [6, 6.07) is 3.23. The highest BCUT2D eigenvalue weighted by Crippen LogP contribution is 2.20. The molecule has 0 saturated carbocycles. The second-order valence-corrected chi connectivity index (χ2v) is 5.08. The molecule has 94 valence electrons. The van der Waals surface area contributed by atoms with Gasteiger partial charge in [-0.15, -0.1) is 0 Å². The van der Waals surface area contributed by atoms with E-state index in [2.05, 4.69) is 30.9 Å². The molecular weight excluding hydrogens is 230 g/mol. The number of hydrogen-bond donors (Lipinski definition) is 1. The fourth-order valence-electron chi connectivity index (χ4n) is 1.51. The summed E-state index contributed by atoms with van der Waals surface area (Å²) in [7, 11) is 0.